The first kappa shape index (κ1) is 14.5. The van der Waals surface area contributed by atoms with Gasteiger partial charge in [0.25, 0.3) is 5.91 Å². The maximum atomic E-state index is 12.5. The monoisotopic (exact) mass is 300 g/mol. The molecule has 0 spiro atoms. The molecule has 0 aromatic heterocycles. The lowest BCUT2D eigenvalue weighted by atomic mass is 10.0. The van der Waals surface area contributed by atoms with Gasteiger partial charge in [0.05, 0.1) is 15.7 Å². The molecule has 1 aromatic carbocycles. The van der Waals surface area contributed by atoms with Gasteiger partial charge in [-0.2, -0.15) is 0 Å². The largest absolute Gasteiger partial charge is 0.396 e. The average Bonchev–Trinajstić information content (AvgIpc) is 2.83. The minimum Gasteiger partial charge on any atom is -0.396 e. The Labute approximate surface area is 123 Å². The second kappa shape index (κ2) is 5.59. The van der Waals surface area contributed by atoms with Gasteiger partial charge in [0.15, 0.2) is 0 Å². The van der Waals surface area contributed by atoms with E-state index in [1.54, 1.807) is 12.1 Å². The molecule has 1 heterocycles. The average molecular weight is 301 g/mol. The number of nitrogen functional groups attached to an aromatic ring is 1. The van der Waals surface area contributed by atoms with Gasteiger partial charge < -0.3 is 10.6 Å². The van der Waals surface area contributed by atoms with Crippen LogP contribution in [0.2, 0.25) is 10.0 Å². The topological polar surface area (TPSA) is 46.3 Å². The van der Waals surface area contributed by atoms with Crippen LogP contribution in [-0.2, 0) is 0 Å². The highest BCUT2D eigenvalue weighted by Crippen LogP contribution is 2.31. The number of benzene rings is 1. The molecule has 1 unspecified atom stereocenters. The first-order valence-electron chi connectivity index (χ1n) is 6.47. The first-order chi connectivity index (χ1) is 8.91. The van der Waals surface area contributed by atoms with E-state index in [1.165, 1.54) is 0 Å². The Hall–Kier alpha value is -0.930. The number of carbonyl (C=O) groups excluding carboxylic acids is 1. The first-order valence-corrected chi connectivity index (χ1v) is 7.23. The zero-order chi connectivity index (χ0) is 14.2. The van der Waals surface area contributed by atoms with E-state index in [2.05, 4.69) is 13.8 Å². The van der Waals surface area contributed by atoms with Gasteiger partial charge in [0.1, 0.15) is 0 Å². The van der Waals surface area contributed by atoms with Crippen LogP contribution >= 0.6 is 23.2 Å². The predicted molar refractivity (Wildman–Crippen MR) is 79.8 cm³/mol. The molecule has 2 N–H and O–H groups in total. The number of carbonyl (C=O) groups is 1. The smallest absolute Gasteiger partial charge is 0.254 e. The maximum Gasteiger partial charge on any atom is 0.254 e. The van der Waals surface area contributed by atoms with Crippen molar-refractivity contribution >= 4 is 34.8 Å². The van der Waals surface area contributed by atoms with E-state index in [9.17, 15) is 4.79 Å². The highest BCUT2D eigenvalue weighted by molar-refractivity contribution is 6.39. The summed E-state index contributed by atoms with van der Waals surface area (Å²) in [5.41, 5.74) is 6.52. The molecule has 0 bridgehead atoms. The summed E-state index contributed by atoms with van der Waals surface area (Å²) >= 11 is 12.0. The fourth-order valence-corrected chi connectivity index (χ4v) is 3.10. The molecule has 0 radical (unpaired) electrons. The van der Waals surface area contributed by atoms with E-state index in [0.29, 0.717) is 33.3 Å². The summed E-state index contributed by atoms with van der Waals surface area (Å²) in [6.07, 6.45) is 2.10. The molecule has 1 aliphatic rings. The number of anilines is 1. The number of nitrogens with zero attached hydrogens (tertiary/aromatic N) is 1. The van der Waals surface area contributed by atoms with Crippen molar-refractivity contribution in [2.24, 2.45) is 5.92 Å². The minimum absolute atomic E-state index is 0.0139. The molecule has 0 aliphatic carbocycles. The van der Waals surface area contributed by atoms with Crippen molar-refractivity contribution in [1.82, 2.24) is 4.90 Å². The number of likely N-dealkylation sites (tertiary alicyclic amines) is 1. The van der Waals surface area contributed by atoms with Gasteiger partial charge in [0, 0.05) is 18.2 Å². The molecule has 1 fully saturated rings. The number of halogens is 2. The van der Waals surface area contributed by atoms with E-state index in [-0.39, 0.29) is 5.91 Å². The van der Waals surface area contributed by atoms with E-state index in [4.69, 9.17) is 28.9 Å². The van der Waals surface area contributed by atoms with Crippen LogP contribution in [0.15, 0.2) is 12.1 Å². The summed E-state index contributed by atoms with van der Waals surface area (Å²) < 4.78 is 0. The van der Waals surface area contributed by atoms with Crippen LogP contribution < -0.4 is 5.73 Å². The molecule has 2 rings (SSSR count). The molecular weight excluding hydrogens is 283 g/mol. The number of amides is 1. The highest BCUT2D eigenvalue weighted by atomic mass is 35.5. The van der Waals surface area contributed by atoms with Crippen LogP contribution in [0.1, 0.15) is 37.0 Å². The lowest BCUT2D eigenvalue weighted by Crippen LogP contribution is -2.38. The number of nitrogens with two attached hydrogens (primary N) is 1. The van der Waals surface area contributed by atoms with Crippen LogP contribution in [0.3, 0.4) is 0 Å². The third-order valence-corrected chi connectivity index (χ3v) is 4.28. The third kappa shape index (κ3) is 2.82. The third-order valence-electron chi connectivity index (χ3n) is 3.66. The van der Waals surface area contributed by atoms with Crippen LogP contribution in [0.4, 0.5) is 5.69 Å². The van der Waals surface area contributed by atoms with Crippen molar-refractivity contribution < 1.29 is 4.79 Å². The van der Waals surface area contributed by atoms with Crippen LogP contribution in [0.25, 0.3) is 0 Å². The Morgan fingerprint density at radius 3 is 2.47 bits per heavy atom. The molecule has 1 aliphatic heterocycles. The fourth-order valence-electron chi connectivity index (χ4n) is 2.61. The quantitative estimate of drug-likeness (QED) is 0.844. The SMILES string of the molecule is CC(C)C1CCCN1C(=O)c1cc(Cl)c(N)c(Cl)c1. The van der Waals surface area contributed by atoms with E-state index in [1.807, 2.05) is 4.90 Å². The van der Waals surface area contributed by atoms with Gasteiger partial charge in [-0.3, -0.25) is 4.79 Å². The Kier molecular flexibility index (Phi) is 4.26. The number of rotatable bonds is 2. The molecule has 1 amide bonds. The summed E-state index contributed by atoms with van der Waals surface area (Å²) in [6, 6.07) is 3.49. The van der Waals surface area contributed by atoms with Crippen molar-refractivity contribution in [3.05, 3.63) is 27.7 Å². The molecule has 1 saturated heterocycles. The van der Waals surface area contributed by atoms with Crippen LogP contribution in [0.5, 0.6) is 0 Å². The molecule has 104 valence electrons. The second-order valence-corrected chi connectivity index (χ2v) is 6.12. The maximum absolute atomic E-state index is 12.5. The van der Waals surface area contributed by atoms with E-state index >= 15 is 0 Å². The van der Waals surface area contributed by atoms with Crippen molar-refractivity contribution in [1.29, 1.82) is 0 Å². The van der Waals surface area contributed by atoms with E-state index < -0.39 is 0 Å². The lowest BCUT2D eigenvalue weighted by molar-refractivity contribution is 0.0701. The Bertz CT molecular complexity index is 479. The van der Waals surface area contributed by atoms with Gasteiger partial charge >= 0.3 is 0 Å². The highest BCUT2D eigenvalue weighted by Gasteiger charge is 2.31. The summed E-state index contributed by atoms with van der Waals surface area (Å²) in [4.78, 5) is 14.5. The van der Waals surface area contributed by atoms with Crippen molar-refractivity contribution in [3.8, 4) is 0 Å². The predicted octanol–water partition coefficient (Wildman–Crippen LogP) is 3.84. The van der Waals surface area contributed by atoms with Crippen molar-refractivity contribution in [2.45, 2.75) is 32.7 Å². The van der Waals surface area contributed by atoms with Crippen LogP contribution in [0, 0.1) is 5.92 Å². The lowest BCUT2D eigenvalue weighted by Gasteiger charge is -2.28. The minimum atomic E-state index is -0.0139. The fraction of sp³-hybridized carbons (Fsp3) is 0.500. The zero-order valence-corrected chi connectivity index (χ0v) is 12.6. The molecular formula is C14H18Cl2N2O. The Morgan fingerprint density at radius 2 is 1.95 bits per heavy atom. The van der Waals surface area contributed by atoms with Crippen LogP contribution in [-0.4, -0.2) is 23.4 Å². The van der Waals surface area contributed by atoms with Gasteiger partial charge in [-0.1, -0.05) is 37.0 Å². The second-order valence-electron chi connectivity index (χ2n) is 5.31. The van der Waals surface area contributed by atoms with E-state index in [0.717, 1.165) is 19.4 Å². The normalized spacial score (nSPS) is 19.2. The summed E-state index contributed by atoms with van der Waals surface area (Å²) in [5.74, 6) is 0.436. The zero-order valence-electron chi connectivity index (χ0n) is 11.1. The summed E-state index contributed by atoms with van der Waals surface area (Å²) in [6.45, 7) is 5.07. The number of hydrogen-bond donors (Lipinski definition) is 1. The summed E-state index contributed by atoms with van der Waals surface area (Å²) in [7, 11) is 0. The van der Waals surface area contributed by atoms with Gasteiger partial charge in [-0.25, -0.2) is 0 Å². The van der Waals surface area contributed by atoms with Crippen molar-refractivity contribution in [2.75, 3.05) is 12.3 Å². The van der Waals surface area contributed by atoms with Crippen molar-refractivity contribution in [3.63, 3.8) is 0 Å². The van der Waals surface area contributed by atoms with Gasteiger partial charge in [-0.05, 0) is 30.9 Å². The van der Waals surface area contributed by atoms with Gasteiger partial charge in [-0.15, -0.1) is 0 Å². The molecule has 19 heavy (non-hydrogen) atoms. The Morgan fingerprint density at radius 1 is 1.37 bits per heavy atom. The standard InChI is InChI=1S/C14H18Cl2N2O/c1-8(2)12-4-3-5-18(12)14(19)9-6-10(15)13(17)11(16)7-9/h6-8,12H,3-5,17H2,1-2H3. The summed E-state index contributed by atoms with van der Waals surface area (Å²) in [5, 5.41) is 0.660. The molecule has 3 nitrogen and oxygen atoms in total. The molecule has 1 atom stereocenters. The van der Waals surface area contributed by atoms with Gasteiger partial charge in [0.2, 0.25) is 0 Å². The molecule has 5 heteroatoms. The number of hydrogen-bond acceptors (Lipinski definition) is 2. The molecule has 1 aromatic rings. The molecule has 0 saturated carbocycles. The Balaban J connectivity index is 2.29.